The lowest BCUT2D eigenvalue weighted by Crippen LogP contribution is -2.06. The van der Waals surface area contributed by atoms with E-state index in [0.717, 1.165) is 5.56 Å². The van der Waals surface area contributed by atoms with Crippen LogP contribution in [0.3, 0.4) is 0 Å². The predicted molar refractivity (Wildman–Crippen MR) is 106 cm³/mol. The molecule has 0 unspecified atom stereocenters. The topological polar surface area (TPSA) is 149 Å². The lowest BCUT2D eigenvalue weighted by molar-refractivity contribution is 0.0680. The van der Waals surface area contributed by atoms with Gasteiger partial charge in [0.25, 0.3) is 0 Å². The van der Waals surface area contributed by atoms with Crippen molar-refractivity contribution in [1.82, 2.24) is 0 Å². The standard InChI is InChI=1S/C12H8O4.C10H8O4/c13-11(14)9-3-1-7-5-10(12(15)16)4-2-8(7)6-9;11-9(12)7-4-2-5-1-3-6(7)8(5)10(13)14/h1-6H,(H,13,14)(H,15,16);2,4H,1,3H2,(H,11,12)(H,13,14). The molecule has 1 aliphatic rings. The van der Waals surface area contributed by atoms with Gasteiger partial charge in [0.1, 0.15) is 0 Å². The van der Waals surface area contributed by atoms with Crippen LogP contribution in [0.25, 0.3) is 10.8 Å². The van der Waals surface area contributed by atoms with Crippen molar-refractivity contribution in [2.45, 2.75) is 12.8 Å². The third kappa shape index (κ3) is 3.97. The Bertz CT molecular complexity index is 1160. The summed E-state index contributed by atoms with van der Waals surface area (Å²) >= 11 is 0. The fourth-order valence-electron chi connectivity index (χ4n) is 3.40. The van der Waals surface area contributed by atoms with Crippen LogP contribution in [-0.2, 0) is 12.8 Å². The Hall–Kier alpha value is -4.20. The number of aromatic carboxylic acids is 4. The Kier molecular flexibility index (Phi) is 5.50. The second-order valence-electron chi connectivity index (χ2n) is 6.62. The van der Waals surface area contributed by atoms with Crippen LogP contribution in [0, 0.1) is 0 Å². The van der Waals surface area contributed by atoms with Crippen LogP contribution < -0.4 is 0 Å². The average Bonchev–Trinajstić information content (AvgIpc) is 3.00. The minimum Gasteiger partial charge on any atom is -0.478 e. The maximum Gasteiger partial charge on any atom is 0.336 e. The molecule has 3 aromatic carbocycles. The highest BCUT2D eigenvalue weighted by molar-refractivity contribution is 5.99. The molecule has 0 spiro atoms. The van der Waals surface area contributed by atoms with Gasteiger partial charge >= 0.3 is 23.9 Å². The molecule has 0 saturated carbocycles. The fraction of sp³-hybridized carbons (Fsp3) is 0.0909. The summed E-state index contributed by atoms with van der Waals surface area (Å²) in [5.74, 6) is -4.08. The Morgan fingerprint density at radius 1 is 0.600 bits per heavy atom. The van der Waals surface area contributed by atoms with Gasteiger partial charge in [-0.2, -0.15) is 0 Å². The molecule has 8 heteroatoms. The summed E-state index contributed by atoms with van der Waals surface area (Å²) in [6.07, 6.45) is 1.15. The van der Waals surface area contributed by atoms with E-state index in [1.54, 1.807) is 18.2 Å². The van der Waals surface area contributed by atoms with Gasteiger partial charge in [-0.1, -0.05) is 18.2 Å². The smallest absolute Gasteiger partial charge is 0.336 e. The van der Waals surface area contributed by atoms with E-state index in [9.17, 15) is 19.2 Å². The summed E-state index contributed by atoms with van der Waals surface area (Å²) in [4.78, 5) is 43.1. The van der Waals surface area contributed by atoms with Crippen molar-refractivity contribution in [1.29, 1.82) is 0 Å². The van der Waals surface area contributed by atoms with Crippen LogP contribution in [-0.4, -0.2) is 44.3 Å². The van der Waals surface area contributed by atoms with E-state index < -0.39 is 23.9 Å². The lowest BCUT2D eigenvalue weighted by atomic mass is 10.0. The van der Waals surface area contributed by atoms with Crippen molar-refractivity contribution in [2.75, 3.05) is 0 Å². The molecule has 0 radical (unpaired) electrons. The molecule has 0 atom stereocenters. The summed E-state index contributed by atoms with van der Waals surface area (Å²) in [6.45, 7) is 0. The first-order valence-electron chi connectivity index (χ1n) is 8.80. The number of hydrogen-bond donors (Lipinski definition) is 4. The number of benzene rings is 3. The van der Waals surface area contributed by atoms with Crippen LogP contribution in [0.1, 0.15) is 52.6 Å². The maximum absolute atomic E-state index is 10.9. The van der Waals surface area contributed by atoms with Gasteiger partial charge < -0.3 is 20.4 Å². The maximum atomic E-state index is 10.9. The predicted octanol–water partition coefficient (Wildman–Crippen LogP) is 3.42. The van der Waals surface area contributed by atoms with Crippen molar-refractivity contribution in [2.24, 2.45) is 0 Å². The monoisotopic (exact) mass is 408 g/mol. The second kappa shape index (κ2) is 8.04. The Morgan fingerprint density at radius 3 is 1.57 bits per heavy atom. The van der Waals surface area contributed by atoms with Crippen molar-refractivity contribution in [3.8, 4) is 0 Å². The molecule has 0 aromatic heterocycles. The van der Waals surface area contributed by atoms with Crippen molar-refractivity contribution in [3.63, 3.8) is 0 Å². The quantitative estimate of drug-likeness (QED) is 0.513. The molecule has 0 fully saturated rings. The second-order valence-corrected chi connectivity index (χ2v) is 6.62. The molecular weight excluding hydrogens is 392 g/mol. The van der Waals surface area contributed by atoms with Crippen LogP contribution in [0.5, 0.6) is 0 Å². The number of rotatable bonds is 4. The minimum atomic E-state index is -1.06. The molecule has 4 rings (SSSR count). The van der Waals surface area contributed by atoms with E-state index in [1.165, 1.54) is 30.3 Å². The number of carbonyl (C=O) groups is 4. The van der Waals surface area contributed by atoms with E-state index in [1.807, 2.05) is 0 Å². The lowest BCUT2D eigenvalue weighted by Gasteiger charge is -2.03. The third-order valence-electron chi connectivity index (χ3n) is 4.82. The fourth-order valence-corrected chi connectivity index (χ4v) is 3.40. The first-order chi connectivity index (χ1) is 14.2. The molecular formula is C22H16O8. The summed E-state index contributed by atoms with van der Waals surface area (Å²) in [6, 6.07) is 12.2. The molecule has 0 amide bonds. The summed E-state index contributed by atoms with van der Waals surface area (Å²) < 4.78 is 0. The van der Waals surface area contributed by atoms with Crippen LogP contribution in [0.15, 0.2) is 48.5 Å². The Balaban J connectivity index is 0.000000172. The highest BCUT2D eigenvalue weighted by Gasteiger charge is 2.26. The number of hydrogen-bond acceptors (Lipinski definition) is 4. The normalized spacial score (nSPS) is 11.5. The zero-order valence-electron chi connectivity index (χ0n) is 15.5. The number of aryl methyl sites for hydroxylation is 1. The number of carboxylic acids is 4. The van der Waals surface area contributed by atoms with Crippen molar-refractivity contribution in [3.05, 3.63) is 81.9 Å². The minimum absolute atomic E-state index is 0.114. The molecule has 1 aliphatic carbocycles. The highest BCUT2D eigenvalue weighted by Crippen LogP contribution is 2.28. The average molecular weight is 408 g/mol. The van der Waals surface area contributed by atoms with Crippen molar-refractivity contribution < 1.29 is 39.6 Å². The zero-order valence-corrected chi connectivity index (χ0v) is 15.5. The summed E-state index contributed by atoms with van der Waals surface area (Å²) in [5, 5.41) is 36.7. The molecule has 3 aromatic rings. The van der Waals surface area contributed by atoms with E-state index in [2.05, 4.69) is 0 Å². The highest BCUT2D eigenvalue weighted by atomic mass is 16.4. The molecule has 2 bridgehead atoms. The molecule has 0 saturated heterocycles. The largest absolute Gasteiger partial charge is 0.478 e. The van der Waals surface area contributed by atoms with Gasteiger partial charge in [0, 0.05) is 0 Å². The van der Waals surface area contributed by atoms with Gasteiger partial charge in [-0.05, 0) is 65.1 Å². The number of carboxylic acid groups (broad SMARTS) is 4. The molecule has 0 aliphatic heterocycles. The third-order valence-corrected chi connectivity index (χ3v) is 4.82. The molecule has 8 nitrogen and oxygen atoms in total. The van der Waals surface area contributed by atoms with Crippen molar-refractivity contribution >= 4 is 34.6 Å². The summed E-state index contributed by atoms with van der Waals surface area (Å²) in [5.41, 5.74) is 1.87. The van der Waals surface area contributed by atoms with E-state index >= 15 is 0 Å². The number of fused-ring (bicyclic) bond motifs is 3. The first kappa shape index (κ1) is 20.5. The SMILES string of the molecule is O=C(O)c1ccc2c(C(=O)O)c1CC2.O=C(O)c1ccc2cc(C(=O)O)ccc2c1. The van der Waals surface area contributed by atoms with Crippen LogP contribution in [0.2, 0.25) is 0 Å². The van der Waals surface area contributed by atoms with E-state index in [-0.39, 0.29) is 22.3 Å². The molecule has 30 heavy (non-hydrogen) atoms. The summed E-state index contributed by atoms with van der Waals surface area (Å²) in [7, 11) is 0. The molecule has 4 N–H and O–H groups in total. The van der Waals surface area contributed by atoms with Crippen LogP contribution >= 0.6 is 0 Å². The van der Waals surface area contributed by atoms with Gasteiger partial charge in [0.05, 0.1) is 22.3 Å². The van der Waals surface area contributed by atoms with Gasteiger partial charge in [0.15, 0.2) is 0 Å². The Labute approximate surface area is 169 Å². The van der Waals surface area contributed by atoms with Gasteiger partial charge in [-0.15, -0.1) is 0 Å². The van der Waals surface area contributed by atoms with Gasteiger partial charge in [-0.3, -0.25) is 0 Å². The van der Waals surface area contributed by atoms with Gasteiger partial charge in [0.2, 0.25) is 0 Å². The van der Waals surface area contributed by atoms with Gasteiger partial charge in [-0.25, -0.2) is 19.2 Å². The van der Waals surface area contributed by atoms with E-state index in [0.29, 0.717) is 29.2 Å². The van der Waals surface area contributed by atoms with Crippen LogP contribution in [0.4, 0.5) is 0 Å². The Morgan fingerprint density at radius 2 is 1.13 bits per heavy atom. The first-order valence-corrected chi connectivity index (χ1v) is 8.80. The zero-order chi connectivity index (χ0) is 22.0. The molecule has 0 heterocycles. The van der Waals surface area contributed by atoms with E-state index in [4.69, 9.17) is 20.4 Å². The molecule has 152 valence electrons.